The standard InChI is InChI=1S/C20H22N2O2S/c1-20-13-16(15-9-6-10-17(23-2)18(15)24-20)21-19(25)22(20)12-11-14-7-4-3-5-8-14/h3-10,16H,11-13H2,1-2H3,(H,21,25)/t16-,20+/m1/s1. The number of nitrogens with zero attached hydrogens (tertiary/aromatic N) is 1. The van der Waals surface area contributed by atoms with Crippen LogP contribution in [0.4, 0.5) is 0 Å². The van der Waals surface area contributed by atoms with E-state index in [2.05, 4.69) is 47.5 Å². The first-order valence-electron chi connectivity index (χ1n) is 8.59. The molecule has 1 fully saturated rings. The number of hydrogen-bond acceptors (Lipinski definition) is 3. The maximum atomic E-state index is 6.46. The molecule has 2 aromatic rings. The Balaban J connectivity index is 1.62. The smallest absolute Gasteiger partial charge is 0.184 e. The average Bonchev–Trinajstić information content (AvgIpc) is 2.61. The molecule has 2 aromatic carbocycles. The van der Waals surface area contributed by atoms with Gasteiger partial charge >= 0.3 is 0 Å². The molecular weight excluding hydrogens is 332 g/mol. The minimum atomic E-state index is -0.469. The van der Waals surface area contributed by atoms with E-state index in [1.807, 2.05) is 18.2 Å². The molecule has 130 valence electrons. The lowest BCUT2D eigenvalue weighted by Gasteiger charge is -2.52. The molecule has 0 radical (unpaired) electrons. The largest absolute Gasteiger partial charge is 0.493 e. The minimum absolute atomic E-state index is 0.157. The fourth-order valence-corrected chi connectivity index (χ4v) is 4.21. The zero-order valence-corrected chi connectivity index (χ0v) is 15.3. The highest BCUT2D eigenvalue weighted by molar-refractivity contribution is 7.80. The Hall–Kier alpha value is -2.27. The van der Waals surface area contributed by atoms with Gasteiger partial charge in [-0.05, 0) is 37.2 Å². The summed E-state index contributed by atoms with van der Waals surface area (Å²) in [4.78, 5) is 2.17. The molecule has 2 aliphatic rings. The van der Waals surface area contributed by atoms with Crippen LogP contribution in [0.3, 0.4) is 0 Å². The monoisotopic (exact) mass is 354 g/mol. The number of rotatable bonds is 4. The van der Waals surface area contributed by atoms with Crippen LogP contribution >= 0.6 is 12.2 Å². The van der Waals surface area contributed by atoms with Gasteiger partial charge in [-0.1, -0.05) is 42.5 Å². The van der Waals surface area contributed by atoms with Crippen LogP contribution < -0.4 is 14.8 Å². The van der Waals surface area contributed by atoms with E-state index in [4.69, 9.17) is 21.7 Å². The minimum Gasteiger partial charge on any atom is -0.493 e. The molecule has 4 nitrogen and oxygen atoms in total. The van der Waals surface area contributed by atoms with E-state index >= 15 is 0 Å². The molecule has 2 heterocycles. The summed E-state index contributed by atoms with van der Waals surface area (Å²) in [6.45, 7) is 2.93. The fraction of sp³-hybridized carbons (Fsp3) is 0.350. The average molecular weight is 354 g/mol. The molecule has 0 unspecified atom stereocenters. The van der Waals surface area contributed by atoms with Gasteiger partial charge in [-0.3, -0.25) is 0 Å². The van der Waals surface area contributed by atoms with E-state index in [1.165, 1.54) is 5.56 Å². The second-order valence-corrected chi connectivity index (χ2v) is 7.14. The van der Waals surface area contributed by atoms with Crippen molar-refractivity contribution >= 4 is 17.3 Å². The van der Waals surface area contributed by atoms with Gasteiger partial charge in [0.15, 0.2) is 22.3 Å². The Bertz CT molecular complexity index is 796. The van der Waals surface area contributed by atoms with Crippen molar-refractivity contribution in [2.24, 2.45) is 0 Å². The second kappa shape index (κ2) is 6.23. The second-order valence-electron chi connectivity index (χ2n) is 6.75. The third-order valence-electron chi connectivity index (χ3n) is 5.09. The third-order valence-corrected chi connectivity index (χ3v) is 5.43. The molecule has 2 atom stereocenters. The maximum absolute atomic E-state index is 6.46. The Morgan fingerprint density at radius 3 is 2.80 bits per heavy atom. The summed E-state index contributed by atoms with van der Waals surface area (Å²) in [5.74, 6) is 1.59. The first kappa shape index (κ1) is 16.2. The number of thiocarbonyl (C=S) groups is 1. The number of fused-ring (bicyclic) bond motifs is 4. The summed E-state index contributed by atoms with van der Waals surface area (Å²) in [7, 11) is 1.68. The lowest BCUT2D eigenvalue weighted by molar-refractivity contribution is -0.0690. The summed E-state index contributed by atoms with van der Waals surface area (Å²) in [6.07, 6.45) is 1.77. The highest BCUT2D eigenvalue weighted by Crippen LogP contribution is 2.47. The van der Waals surface area contributed by atoms with Crippen LogP contribution in [-0.4, -0.2) is 29.4 Å². The number of benzene rings is 2. The fourth-order valence-electron chi connectivity index (χ4n) is 3.79. The van der Waals surface area contributed by atoms with Gasteiger partial charge in [-0.15, -0.1) is 0 Å². The summed E-state index contributed by atoms with van der Waals surface area (Å²) in [5, 5.41) is 4.24. The first-order chi connectivity index (χ1) is 12.1. The van der Waals surface area contributed by atoms with Crippen LogP contribution in [0.5, 0.6) is 11.5 Å². The predicted molar refractivity (Wildman–Crippen MR) is 102 cm³/mol. The lowest BCUT2D eigenvalue weighted by Crippen LogP contribution is -2.64. The SMILES string of the molecule is COc1cccc2c1O[C@@]1(C)C[C@H]2NC(=S)N1CCc1ccccc1. The van der Waals surface area contributed by atoms with E-state index in [-0.39, 0.29) is 6.04 Å². The van der Waals surface area contributed by atoms with Crippen LogP contribution in [0.2, 0.25) is 0 Å². The maximum Gasteiger partial charge on any atom is 0.184 e. The van der Waals surface area contributed by atoms with Gasteiger partial charge < -0.3 is 19.7 Å². The summed E-state index contributed by atoms with van der Waals surface area (Å²) in [6, 6.07) is 16.6. The molecule has 0 aromatic heterocycles. The number of methoxy groups -OCH3 is 1. The highest BCUT2D eigenvalue weighted by atomic mass is 32.1. The van der Waals surface area contributed by atoms with E-state index in [0.29, 0.717) is 0 Å². The van der Waals surface area contributed by atoms with Crippen molar-refractivity contribution in [3.05, 3.63) is 59.7 Å². The zero-order chi connectivity index (χ0) is 17.4. The molecule has 0 amide bonds. The van der Waals surface area contributed by atoms with Gasteiger partial charge in [0.05, 0.1) is 13.2 Å². The van der Waals surface area contributed by atoms with Gasteiger partial charge in [0, 0.05) is 18.5 Å². The molecule has 2 bridgehead atoms. The van der Waals surface area contributed by atoms with Crippen LogP contribution in [-0.2, 0) is 6.42 Å². The molecule has 1 N–H and O–H groups in total. The van der Waals surface area contributed by atoms with Crippen LogP contribution in [0.25, 0.3) is 0 Å². The molecule has 1 saturated heterocycles. The summed E-state index contributed by atoms with van der Waals surface area (Å²) >= 11 is 5.66. The molecular formula is C20H22N2O2S. The number of para-hydroxylation sites is 1. The van der Waals surface area contributed by atoms with Crippen molar-refractivity contribution in [2.45, 2.75) is 31.5 Å². The van der Waals surface area contributed by atoms with Gasteiger partial charge in [0.25, 0.3) is 0 Å². The molecule has 0 saturated carbocycles. The summed E-state index contributed by atoms with van der Waals surface area (Å²) in [5.41, 5.74) is 1.94. The Kier molecular flexibility index (Phi) is 4.04. The van der Waals surface area contributed by atoms with Gasteiger partial charge in [-0.25, -0.2) is 0 Å². The highest BCUT2D eigenvalue weighted by Gasteiger charge is 2.48. The van der Waals surface area contributed by atoms with Crippen molar-refractivity contribution in [1.82, 2.24) is 10.2 Å². The van der Waals surface area contributed by atoms with Gasteiger partial charge in [-0.2, -0.15) is 0 Å². The Morgan fingerprint density at radius 2 is 2.04 bits per heavy atom. The van der Waals surface area contributed by atoms with Crippen molar-refractivity contribution < 1.29 is 9.47 Å². The van der Waals surface area contributed by atoms with Crippen molar-refractivity contribution in [2.75, 3.05) is 13.7 Å². The van der Waals surface area contributed by atoms with Crippen LogP contribution in [0, 0.1) is 0 Å². The predicted octanol–water partition coefficient (Wildman–Crippen LogP) is 3.67. The first-order valence-corrected chi connectivity index (χ1v) is 8.99. The molecule has 0 aliphatic carbocycles. The van der Waals surface area contributed by atoms with Crippen LogP contribution in [0.15, 0.2) is 48.5 Å². The molecule has 4 rings (SSSR count). The number of nitrogens with one attached hydrogen (secondary N) is 1. The van der Waals surface area contributed by atoms with E-state index < -0.39 is 5.72 Å². The molecule has 5 heteroatoms. The zero-order valence-electron chi connectivity index (χ0n) is 14.5. The van der Waals surface area contributed by atoms with E-state index in [0.717, 1.165) is 41.6 Å². The van der Waals surface area contributed by atoms with Crippen molar-refractivity contribution in [3.8, 4) is 11.5 Å². The van der Waals surface area contributed by atoms with Gasteiger partial charge in [0.1, 0.15) is 0 Å². The Labute approximate surface area is 153 Å². The van der Waals surface area contributed by atoms with Crippen molar-refractivity contribution in [3.63, 3.8) is 0 Å². The molecule has 25 heavy (non-hydrogen) atoms. The molecule has 2 aliphatic heterocycles. The quantitative estimate of drug-likeness (QED) is 0.848. The Morgan fingerprint density at radius 1 is 1.24 bits per heavy atom. The lowest BCUT2D eigenvalue weighted by atomic mass is 9.90. The van der Waals surface area contributed by atoms with Crippen molar-refractivity contribution in [1.29, 1.82) is 0 Å². The van der Waals surface area contributed by atoms with Gasteiger partial charge in [0.2, 0.25) is 0 Å². The number of hydrogen-bond donors (Lipinski definition) is 1. The van der Waals surface area contributed by atoms with E-state index in [9.17, 15) is 0 Å². The van der Waals surface area contributed by atoms with E-state index in [1.54, 1.807) is 7.11 Å². The number of ether oxygens (including phenoxy) is 2. The molecule has 0 spiro atoms. The summed E-state index contributed by atoms with van der Waals surface area (Å²) < 4.78 is 12.0. The normalized spacial score (nSPS) is 24.2. The van der Waals surface area contributed by atoms with Crippen LogP contribution in [0.1, 0.15) is 30.5 Å². The third kappa shape index (κ3) is 2.82. The topological polar surface area (TPSA) is 33.7 Å².